The first kappa shape index (κ1) is 16.7. The number of aromatic nitrogens is 1. The Kier molecular flexibility index (Phi) is 5.51. The van der Waals surface area contributed by atoms with Gasteiger partial charge in [0, 0.05) is 18.4 Å². The molecule has 6 nitrogen and oxygen atoms in total. The van der Waals surface area contributed by atoms with Crippen LogP contribution in [0.3, 0.4) is 0 Å². The molecule has 1 amide bonds. The van der Waals surface area contributed by atoms with Gasteiger partial charge in [-0.3, -0.25) is 4.79 Å². The first-order valence-electron chi connectivity index (χ1n) is 7.41. The summed E-state index contributed by atoms with van der Waals surface area (Å²) in [7, 11) is 2.92. The summed E-state index contributed by atoms with van der Waals surface area (Å²) in [4.78, 5) is 27.7. The number of hydrogen-bond donors (Lipinski definition) is 1. The highest BCUT2D eigenvalue weighted by Gasteiger charge is 2.15. The number of nitrogens with one attached hydrogen (secondary N) is 1. The topological polar surface area (TPSA) is 77.5 Å². The van der Waals surface area contributed by atoms with E-state index < -0.39 is 5.97 Å². The molecule has 122 valence electrons. The van der Waals surface area contributed by atoms with Crippen LogP contribution in [0.1, 0.15) is 29.4 Å². The molecule has 0 bridgehead atoms. The first-order valence-corrected chi connectivity index (χ1v) is 7.41. The molecule has 0 aliphatic rings. The van der Waals surface area contributed by atoms with Crippen molar-refractivity contribution in [3.05, 3.63) is 35.5 Å². The maximum Gasteiger partial charge on any atom is 0.356 e. The molecule has 1 heterocycles. The smallest absolute Gasteiger partial charge is 0.356 e. The van der Waals surface area contributed by atoms with Gasteiger partial charge in [0.2, 0.25) is 5.91 Å². The monoisotopic (exact) mass is 316 g/mol. The summed E-state index contributed by atoms with van der Waals surface area (Å²) in [5.74, 6) is 0.204. The normalized spacial score (nSPS) is 10.4. The van der Waals surface area contributed by atoms with Crippen LogP contribution in [0.5, 0.6) is 5.75 Å². The van der Waals surface area contributed by atoms with Gasteiger partial charge in [0.25, 0.3) is 0 Å². The van der Waals surface area contributed by atoms with E-state index >= 15 is 0 Å². The summed E-state index contributed by atoms with van der Waals surface area (Å²) in [6, 6.07) is 7.33. The lowest BCUT2D eigenvalue weighted by molar-refractivity contribution is -0.120. The van der Waals surface area contributed by atoms with E-state index in [1.54, 1.807) is 26.2 Å². The maximum atomic E-state index is 12.0. The van der Waals surface area contributed by atoms with Crippen LogP contribution < -0.4 is 10.1 Å². The fraction of sp³-hybridized carbons (Fsp3) is 0.353. The summed E-state index contributed by atoms with van der Waals surface area (Å²) < 4.78 is 10.0. The van der Waals surface area contributed by atoms with Crippen molar-refractivity contribution >= 4 is 22.8 Å². The minimum absolute atomic E-state index is 0.0277. The van der Waals surface area contributed by atoms with Gasteiger partial charge in [-0.15, -0.1) is 0 Å². The number of carbonyl (C=O) groups is 2. The molecule has 0 radical (unpaired) electrons. The van der Waals surface area contributed by atoms with Gasteiger partial charge in [0.05, 0.1) is 19.7 Å². The van der Waals surface area contributed by atoms with Gasteiger partial charge in [-0.2, -0.15) is 0 Å². The molecule has 0 saturated heterocycles. The fourth-order valence-corrected chi connectivity index (χ4v) is 2.25. The van der Waals surface area contributed by atoms with Crippen LogP contribution in [0.2, 0.25) is 0 Å². The third kappa shape index (κ3) is 3.97. The van der Waals surface area contributed by atoms with Gasteiger partial charge in [-0.25, -0.2) is 9.78 Å². The van der Waals surface area contributed by atoms with Crippen LogP contribution >= 0.6 is 0 Å². The number of benzene rings is 1. The van der Waals surface area contributed by atoms with E-state index in [4.69, 9.17) is 9.47 Å². The quantitative estimate of drug-likeness (QED) is 0.826. The third-order valence-corrected chi connectivity index (χ3v) is 3.52. The van der Waals surface area contributed by atoms with Crippen LogP contribution in [0.15, 0.2) is 24.3 Å². The zero-order valence-electron chi connectivity index (χ0n) is 13.5. The molecule has 6 heteroatoms. The highest BCUT2D eigenvalue weighted by Crippen LogP contribution is 2.22. The molecule has 2 rings (SSSR count). The predicted molar refractivity (Wildman–Crippen MR) is 86.6 cm³/mol. The van der Waals surface area contributed by atoms with E-state index in [1.807, 2.05) is 12.1 Å². The van der Waals surface area contributed by atoms with E-state index in [1.165, 1.54) is 7.11 Å². The Morgan fingerprint density at radius 3 is 2.65 bits per heavy atom. The van der Waals surface area contributed by atoms with Crippen LogP contribution in [0.4, 0.5) is 0 Å². The number of pyridine rings is 1. The highest BCUT2D eigenvalue weighted by molar-refractivity contribution is 5.93. The molecule has 2 aromatic rings. The maximum absolute atomic E-state index is 12.0. The van der Waals surface area contributed by atoms with E-state index in [2.05, 4.69) is 10.3 Å². The molecular weight excluding hydrogens is 296 g/mol. The molecule has 0 unspecified atom stereocenters. The molecule has 0 atom stereocenters. The van der Waals surface area contributed by atoms with Gasteiger partial charge in [0.1, 0.15) is 5.75 Å². The predicted octanol–water partition coefficient (Wildman–Crippen LogP) is 2.10. The Hall–Kier alpha value is -2.63. The third-order valence-electron chi connectivity index (χ3n) is 3.52. The lowest BCUT2D eigenvalue weighted by atomic mass is 10.1. The largest absolute Gasteiger partial charge is 0.497 e. The average Bonchev–Trinajstić information content (AvgIpc) is 2.59. The van der Waals surface area contributed by atoms with Crippen molar-refractivity contribution in [1.82, 2.24) is 10.3 Å². The van der Waals surface area contributed by atoms with Gasteiger partial charge in [-0.05, 0) is 36.2 Å². The Morgan fingerprint density at radius 2 is 2.00 bits per heavy atom. The van der Waals surface area contributed by atoms with Crippen molar-refractivity contribution in [2.45, 2.75) is 19.8 Å². The molecule has 1 aromatic carbocycles. The number of esters is 1. The second kappa shape index (κ2) is 7.58. The molecule has 1 N–H and O–H groups in total. The van der Waals surface area contributed by atoms with Gasteiger partial charge >= 0.3 is 5.97 Å². The summed E-state index contributed by atoms with van der Waals surface area (Å²) in [6.45, 7) is 2.23. The number of amides is 1. The van der Waals surface area contributed by atoms with Crippen molar-refractivity contribution < 1.29 is 19.1 Å². The van der Waals surface area contributed by atoms with Crippen LogP contribution in [-0.2, 0) is 16.0 Å². The van der Waals surface area contributed by atoms with Crippen LogP contribution in [-0.4, -0.2) is 37.6 Å². The van der Waals surface area contributed by atoms with E-state index in [0.717, 1.165) is 16.7 Å². The summed E-state index contributed by atoms with van der Waals surface area (Å²) in [5, 5.41) is 3.66. The number of hydrogen-bond acceptors (Lipinski definition) is 5. The Bertz CT molecular complexity index is 728. The van der Waals surface area contributed by atoms with Crippen molar-refractivity contribution in [2.24, 2.45) is 0 Å². The molecule has 1 aromatic heterocycles. The average molecular weight is 316 g/mol. The summed E-state index contributed by atoms with van der Waals surface area (Å²) in [6.07, 6.45) is 0.924. The van der Waals surface area contributed by atoms with Crippen molar-refractivity contribution in [3.63, 3.8) is 0 Å². The minimum atomic E-state index is -0.487. The number of methoxy groups -OCH3 is 2. The Balaban J connectivity index is 2.37. The number of nitrogens with zero attached hydrogens (tertiary/aromatic N) is 1. The number of rotatable bonds is 6. The van der Waals surface area contributed by atoms with Crippen LogP contribution in [0.25, 0.3) is 10.9 Å². The number of fused-ring (bicyclic) bond motifs is 1. The zero-order valence-corrected chi connectivity index (χ0v) is 13.5. The molecular formula is C17H20N2O4. The zero-order chi connectivity index (χ0) is 16.8. The van der Waals surface area contributed by atoms with E-state index in [-0.39, 0.29) is 11.6 Å². The highest BCUT2D eigenvalue weighted by atomic mass is 16.5. The second-order valence-corrected chi connectivity index (χ2v) is 5.00. The van der Waals surface area contributed by atoms with E-state index in [0.29, 0.717) is 24.9 Å². The first-order chi connectivity index (χ1) is 11.1. The van der Waals surface area contributed by atoms with Gasteiger partial charge in [0.15, 0.2) is 5.69 Å². The SMILES string of the molecule is CCC(=O)NCCc1cc2cc(OC)ccc2nc1C(=O)OC. The molecule has 0 saturated carbocycles. The number of carbonyl (C=O) groups excluding carboxylic acids is 2. The standard InChI is InChI=1S/C17H20N2O4/c1-4-15(20)18-8-7-11-9-12-10-13(22-2)5-6-14(12)19-16(11)17(21)23-3/h5-6,9-10H,4,7-8H2,1-3H3,(H,18,20). The molecule has 0 aliphatic heterocycles. The lowest BCUT2D eigenvalue weighted by Crippen LogP contribution is -2.25. The minimum Gasteiger partial charge on any atom is -0.497 e. The fourth-order valence-electron chi connectivity index (χ4n) is 2.25. The van der Waals surface area contributed by atoms with Crippen molar-refractivity contribution in [3.8, 4) is 5.75 Å². The van der Waals surface area contributed by atoms with Crippen LogP contribution in [0, 0.1) is 0 Å². The molecule has 0 aliphatic carbocycles. The van der Waals surface area contributed by atoms with Crippen molar-refractivity contribution in [1.29, 1.82) is 0 Å². The van der Waals surface area contributed by atoms with E-state index in [9.17, 15) is 9.59 Å². The Morgan fingerprint density at radius 1 is 1.22 bits per heavy atom. The molecule has 0 fully saturated rings. The second-order valence-electron chi connectivity index (χ2n) is 5.00. The lowest BCUT2D eigenvalue weighted by Gasteiger charge is -2.10. The summed E-state index contributed by atoms with van der Waals surface area (Å²) in [5.41, 5.74) is 1.69. The molecule has 0 spiro atoms. The van der Waals surface area contributed by atoms with Gasteiger partial charge in [-0.1, -0.05) is 6.92 Å². The molecule has 23 heavy (non-hydrogen) atoms. The number of ether oxygens (including phenoxy) is 2. The van der Waals surface area contributed by atoms with Crippen molar-refractivity contribution in [2.75, 3.05) is 20.8 Å². The Labute approximate surface area is 134 Å². The summed E-state index contributed by atoms with van der Waals surface area (Å²) >= 11 is 0. The van der Waals surface area contributed by atoms with Gasteiger partial charge < -0.3 is 14.8 Å².